The second-order valence-corrected chi connectivity index (χ2v) is 3.76. The molecule has 1 aromatic heterocycles. The van der Waals surface area contributed by atoms with Crippen molar-refractivity contribution in [2.24, 2.45) is 0 Å². The first-order valence-corrected chi connectivity index (χ1v) is 5.02. The highest BCUT2D eigenvalue weighted by atomic mass is 14.9. The van der Waals surface area contributed by atoms with Crippen LogP contribution in [0.3, 0.4) is 0 Å². The maximum absolute atomic E-state index is 4.40. The number of hydrogen-bond acceptors (Lipinski definition) is 2. The third-order valence-corrected chi connectivity index (χ3v) is 2.60. The van der Waals surface area contributed by atoms with Gasteiger partial charge in [-0.05, 0) is 44.0 Å². The largest absolute Gasteiger partial charge is 0.309 e. The molecular weight excluding hydrogens is 160 g/mol. The maximum atomic E-state index is 4.40. The van der Waals surface area contributed by atoms with Crippen LogP contribution in [0.4, 0.5) is 0 Å². The minimum atomic E-state index is 0.494. The van der Waals surface area contributed by atoms with E-state index in [0.717, 1.165) is 6.54 Å². The summed E-state index contributed by atoms with van der Waals surface area (Å²) in [5.74, 6) is 0. The summed E-state index contributed by atoms with van der Waals surface area (Å²) in [7, 11) is 0. The molecule has 13 heavy (non-hydrogen) atoms. The molecule has 2 heterocycles. The lowest BCUT2D eigenvalue weighted by atomic mass is 10.0. The van der Waals surface area contributed by atoms with E-state index in [-0.39, 0.29) is 0 Å². The molecule has 1 aliphatic rings. The predicted molar refractivity (Wildman–Crippen MR) is 53.6 cm³/mol. The summed E-state index contributed by atoms with van der Waals surface area (Å²) in [5, 5.41) is 3.50. The highest BCUT2D eigenvalue weighted by Crippen LogP contribution is 2.21. The van der Waals surface area contributed by atoms with Crippen molar-refractivity contribution in [3.63, 3.8) is 0 Å². The molecule has 0 radical (unpaired) electrons. The number of pyridine rings is 1. The predicted octanol–water partition coefficient (Wildman–Crippen LogP) is 2.20. The second-order valence-electron chi connectivity index (χ2n) is 3.76. The van der Waals surface area contributed by atoms with Crippen molar-refractivity contribution in [2.45, 2.75) is 32.2 Å². The number of nitrogens with zero attached hydrogens (tertiary/aromatic N) is 1. The van der Waals surface area contributed by atoms with Gasteiger partial charge >= 0.3 is 0 Å². The van der Waals surface area contributed by atoms with Crippen molar-refractivity contribution in [3.05, 3.63) is 29.6 Å². The van der Waals surface area contributed by atoms with Crippen molar-refractivity contribution in [2.75, 3.05) is 6.54 Å². The SMILES string of the molecule is Cc1ccnc([C@H]2CCCCN2)c1. The van der Waals surface area contributed by atoms with Gasteiger partial charge in [0, 0.05) is 12.2 Å². The number of aromatic nitrogens is 1. The lowest BCUT2D eigenvalue weighted by Crippen LogP contribution is -2.27. The Morgan fingerprint density at radius 3 is 3.08 bits per heavy atom. The Balaban J connectivity index is 2.14. The van der Waals surface area contributed by atoms with E-state index in [2.05, 4.69) is 23.3 Å². The molecule has 2 nitrogen and oxygen atoms in total. The van der Waals surface area contributed by atoms with Crippen LogP contribution >= 0.6 is 0 Å². The lowest BCUT2D eigenvalue weighted by Gasteiger charge is -2.22. The Labute approximate surface area is 79.4 Å². The molecule has 1 atom stereocenters. The zero-order valence-corrected chi connectivity index (χ0v) is 8.09. The van der Waals surface area contributed by atoms with E-state index >= 15 is 0 Å². The Bertz CT molecular complexity index is 277. The summed E-state index contributed by atoms with van der Waals surface area (Å²) in [4.78, 5) is 4.40. The Hall–Kier alpha value is -0.890. The zero-order chi connectivity index (χ0) is 9.10. The molecule has 2 heteroatoms. The van der Waals surface area contributed by atoms with Crippen LogP contribution in [0.1, 0.15) is 36.6 Å². The maximum Gasteiger partial charge on any atom is 0.0575 e. The van der Waals surface area contributed by atoms with Gasteiger partial charge in [0.05, 0.1) is 5.69 Å². The first-order valence-electron chi connectivity index (χ1n) is 5.02. The van der Waals surface area contributed by atoms with E-state index in [4.69, 9.17) is 0 Å². The molecule has 1 N–H and O–H groups in total. The molecule has 0 spiro atoms. The Morgan fingerprint density at radius 2 is 2.38 bits per heavy atom. The normalized spacial score (nSPS) is 23.0. The summed E-state index contributed by atoms with van der Waals surface area (Å²) < 4.78 is 0. The monoisotopic (exact) mass is 176 g/mol. The van der Waals surface area contributed by atoms with E-state index < -0.39 is 0 Å². The van der Waals surface area contributed by atoms with Gasteiger partial charge in [0.1, 0.15) is 0 Å². The average molecular weight is 176 g/mol. The first kappa shape index (κ1) is 8.70. The van der Waals surface area contributed by atoms with Gasteiger partial charge in [0.2, 0.25) is 0 Å². The van der Waals surface area contributed by atoms with Crippen LogP contribution in [0.15, 0.2) is 18.3 Å². The van der Waals surface area contributed by atoms with Crippen molar-refractivity contribution < 1.29 is 0 Å². The Morgan fingerprint density at radius 1 is 1.46 bits per heavy atom. The van der Waals surface area contributed by atoms with E-state index in [9.17, 15) is 0 Å². The summed E-state index contributed by atoms with van der Waals surface area (Å²) in [6.45, 7) is 3.26. The molecule has 1 saturated heterocycles. The quantitative estimate of drug-likeness (QED) is 0.709. The van der Waals surface area contributed by atoms with Crippen LogP contribution in [0.2, 0.25) is 0 Å². The number of nitrogens with one attached hydrogen (secondary N) is 1. The second kappa shape index (κ2) is 3.88. The highest BCUT2D eigenvalue weighted by Gasteiger charge is 2.15. The van der Waals surface area contributed by atoms with E-state index in [0.29, 0.717) is 6.04 Å². The van der Waals surface area contributed by atoms with Crippen molar-refractivity contribution in [3.8, 4) is 0 Å². The van der Waals surface area contributed by atoms with Crippen LogP contribution in [-0.4, -0.2) is 11.5 Å². The van der Waals surface area contributed by atoms with Crippen molar-refractivity contribution in [1.82, 2.24) is 10.3 Å². The third kappa shape index (κ3) is 2.07. The molecule has 1 aromatic rings. The number of rotatable bonds is 1. The zero-order valence-electron chi connectivity index (χ0n) is 8.09. The summed E-state index contributed by atoms with van der Waals surface area (Å²) >= 11 is 0. The molecule has 0 aliphatic carbocycles. The molecule has 0 unspecified atom stereocenters. The fraction of sp³-hybridized carbons (Fsp3) is 0.545. The van der Waals surface area contributed by atoms with Gasteiger partial charge in [-0.1, -0.05) is 6.42 Å². The molecule has 0 bridgehead atoms. The van der Waals surface area contributed by atoms with Gasteiger partial charge in [-0.3, -0.25) is 4.98 Å². The average Bonchev–Trinajstić information content (AvgIpc) is 2.19. The van der Waals surface area contributed by atoms with Gasteiger partial charge in [0.25, 0.3) is 0 Å². The molecule has 0 saturated carbocycles. The lowest BCUT2D eigenvalue weighted by molar-refractivity contribution is 0.405. The minimum absolute atomic E-state index is 0.494. The van der Waals surface area contributed by atoms with Gasteiger partial charge in [0.15, 0.2) is 0 Å². The summed E-state index contributed by atoms with van der Waals surface area (Å²) in [5.41, 5.74) is 2.51. The van der Waals surface area contributed by atoms with Gasteiger partial charge < -0.3 is 5.32 Å². The smallest absolute Gasteiger partial charge is 0.0575 e. The number of aryl methyl sites for hydroxylation is 1. The molecule has 1 fully saturated rings. The minimum Gasteiger partial charge on any atom is -0.309 e. The van der Waals surface area contributed by atoms with Crippen molar-refractivity contribution >= 4 is 0 Å². The van der Waals surface area contributed by atoms with E-state index in [1.54, 1.807) is 0 Å². The van der Waals surface area contributed by atoms with Crippen LogP contribution in [0.25, 0.3) is 0 Å². The summed E-state index contributed by atoms with van der Waals surface area (Å²) in [6.07, 6.45) is 5.77. The first-order chi connectivity index (χ1) is 6.36. The summed E-state index contributed by atoms with van der Waals surface area (Å²) in [6, 6.07) is 4.73. The standard InChI is InChI=1S/C11H16N2/c1-9-5-7-13-11(8-9)10-4-2-3-6-12-10/h5,7-8,10,12H,2-4,6H2,1H3/t10-/m1/s1. The fourth-order valence-electron chi connectivity index (χ4n) is 1.85. The van der Waals surface area contributed by atoms with Gasteiger partial charge in [-0.2, -0.15) is 0 Å². The van der Waals surface area contributed by atoms with Crippen LogP contribution in [0, 0.1) is 6.92 Å². The molecule has 70 valence electrons. The van der Waals surface area contributed by atoms with Gasteiger partial charge in [-0.25, -0.2) is 0 Å². The molecule has 2 rings (SSSR count). The highest BCUT2D eigenvalue weighted by molar-refractivity contribution is 5.17. The fourth-order valence-corrected chi connectivity index (χ4v) is 1.85. The van der Waals surface area contributed by atoms with Crippen LogP contribution < -0.4 is 5.32 Å². The molecule has 0 aromatic carbocycles. The molecular formula is C11H16N2. The molecule has 0 amide bonds. The van der Waals surface area contributed by atoms with E-state index in [1.807, 2.05) is 12.3 Å². The molecule has 1 aliphatic heterocycles. The topological polar surface area (TPSA) is 24.9 Å². The number of hydrogen-bond donors (Lipinski definition) is 1. The third-order valence-electron chi connectivity index (χ3n) is 2.60. The Kier molecular flexibility index (Phi) is 2.60. The van der Waals surface area contributed by atoms with Crippen LogP contribution in [0.5, 0.6) is 0 Å². The van der Waals surface area contributed by atoms with E-state index in [1.165, 1.54) is 30.5 Å². The van der Waals surface area contributed by atoms with Crippen molar-refractivity contribution in [1.29, 1.82) is 0 Å². The number of piperidine rings is 1. The van der Waals surface area contributed by atoms with Gasteiger partial charge in [-0.15, -0.1) is 0 Å². The van der Waals surface area contributed by atoms with Crippen LogP contribution in [-0.2, 0) is 0 Å².